The quantitative estimate of drug-likeness (QED) is 0.121. The van der Waals surface area contributed by atoms with Gasteiger partial charge in [0.1, 0.15) is 5.58 Å². The number of furan rings is 1. The molecule has 4 nitrogen and oxygen atoms in total. The van der Waals surface area contributed by atoms with Crippen molar-refractivity contribution in [3.63, 3.8) is 0 Å². The summed E-state index contributed by atoms with van der Waals surface area (Å²) in [5.41, 5.74) is 15.1. The minimum atomic E-state index is -4.66. The third-order valence-electron chi connectivity index (χ3n) is 15.2. The maximum Gasteiger partial charge on any atom is 0.393 e. The number of aromatic nitrogens is 3. The molecule has 1 saturated carbocycles. The molecule has 0 saturated heterocycles. The van der Waals surface area contributed by atoms with Gasteiger partial charge >= 0.3 is 6.18 Å². The van der Waals surface area contributed by atoms with E-state index in [2.05, 4.69) is 189 Å². The third kappa shape index (κ3) is 11.4. The van der Waals surface area contributed by atoms with E-state index in [4.69, 9.17) is 13.5 Å². The average molecular weight is 1230 g/mol. The topological polar surface area (TPSA) is 43.9 Å². The predicted molar refractivity (Wildman–Crippen MR) is 315 cm³/mol. The molecule has 3 aromatic heterocycles. The number of fused-ring (bicyclic) bond motifs is 4. The molecular formula is C71H64F3IrN3O-2. The van der Waals surface area contributed by atoms with E-state index in [0.29, 0.717) is 11.3 Å². The third-order valence-corrected chi connectivity index (χ3v) is 15.2. The Kier molecular flexibility index (Phi) is 15.0. The van der Waals surface area contributed by atoms with Crippen molar-refractivity contribution < 1.29 is 41.8 Å². The van der Waals surface area contributed by atoms with Crippen molar-refractivity contribution in [2.45, 2.75) is 104 Å². The van der Waals surface area contributed by atoms with Crippen LogP contribution < -0.4 is 0 Å². The standard InChI is InChI=1S/C55H49N2O.C16H15F3N.Ir/c1-35(2)48-32-44(42-28-24-40(25-29-42)38-16-9-6-10-17-38)33-49(36(3)4)53(48)57-51-21-12-11-20-50(51)56-55(57)47-19-13-18-46-45-31-30-43(34-52(45)58-54(46)47)41-26-22-39(23-27-41)37-14-7-5-8-15-37;1-15(2,16(17,18)19)11-12-6-8-13(9-7-12)14-5-3-4-10-20-14;/h6,9-13,16-18,20-37H,5,7-8,14-15H2,1-4H3;3-8,10H,11H2,1-2H3;/q2*-1;/i37D;11D2;. The van der Waals surface area contributed by atoms with Gasteiger partial charge in [0.2, 0.25) is 0 Å². The van der Waals surface area contributed by atoms with Crippen LogP contribution in [0.2, 0.25) is 0 Å². The fourth-order valence-electron chi connectivity index (χ4n) is 10.8. The molecule has 1 fully saturated rings. The van der Waals surface area contributed by atoms with E-state index >= 15 is 0 Å². The summed E-state index contributed by atoms with van der Waals surface area (Å²) in [6, 6.07) is 68.0. The van der Waals surface area contributed by atoms with Crippen LogP contribution in [0, 0.1) is 17.5 Å². The molecule has 0 amide bonds. The zero-order chi connectivity index (χ0) is 56.8. The minimum absolute atomic E-state index is 0. The molecule has 0 bridgehead atoms. The van der Waals surface area contributed by atoms with Crippen LogP contribution in [0.4, 0.5) is 13.2 Å². The summed E-state index contributed by atoms with van der Waals surface area (Å²) < 4.78 is 73.5. The van der Waals surface area contributed by atoms with Gasteiger partial charge in [-0.25, -0.2) is 0 Å². The largest absolute Gasteiger partial charge is 0.501 e. The Bertz CT molecular complexity index is 3990. The van der Waals surface area contributed by atoms with Gasteiger partial charge in [0.15, 0.2) is 0 Å². The number of halogens is 3. The summed E-state index contributed by atoms with van der Waals surface area (Å²) in [5, 5.41) is 2.11. The van der Waals surface area contributed by atoms with Gasteiger partial charge < -0.3 is 14.0 Å². The Balaban J connectivity index is 0.000000276. The first-order valence-electron chi connectivity index (χ1n) is 28.6. The zero-order valence-corrected chi connectivity index (χ0v) is 47.7. The first-order valence-corrected chi connectivity index (χ1v) is 27.1. The summed E-state index contributed by atoms with van der Waals surface area (Å²) in [5.74, 6) is 0.842. The van der Waals surface area contributed by atoms with E-state index < -0.39 is 23.9 Å². The molecule has 11 aromatic rings. The van der Waals surface area contributed by atoms with Crippen LogP contribution in [0.3, 0.4) is 0 Å². The van der Waals surface area contributed by atoms with Gasteiger partial charge in [0.05, 0.1) is 27.9 Å². The molecule has 1 radical (unpaired) electrons. The number of hydrogen-bond acceptors (Lipinski definition) is 3. The van der Waals surface area contributed by atoms with Gasteiger partial charge in [0.25, 0.3) is 0 Å². The molecule has 0 N–H and O–H groups in total. The fourth-order valence-corrected chi connectivity index (χ4v) is 10.8. The molecule has 401 valence electrons. The predicted octanol–water partition coefficient (Wildman–Crippen LogP) is 20.4. The number of benzene rings is 8. The van der Waals surface area contributed by atoms with Crippen LogP contribution in [-0.2, 0) is 26.5 Å². The van der Waals surface area contributed by atoms with Crippen molar-refractivity contribution in [1.82, 2.24) is 14.5 Å². The summed E-state index contributed by atoms with van der Waals surface area (Å²) in [6.45, 7) is 10.9. The van der Waals surface area contributed by atoms with Crippen LogP contribution in [0.15, 0.2) is 193 Å². The molecule has 0 spiro atoms. The number of alkyl halides is 3. The number of nitrogens with zero attached hydrogens (tertiary/aromatic N) is 3. The zero-order valence-electron chi connectivity index (χ0n) is 48.3. The van der Waals surface area contributed by atoms with Gasteiger partial charge in [-0.15, -0.1) is 53.6 Å². The van der Waals surface area contributed by atoms with Crippen molar-refractivity contribution in [3.05, 3.63) is 223 Å². The molecular weight excluding hydrogens is 1160 g/mol. The second kappa shape index (κ2) is 23.1. The Morgan fingerprint density at radius 1 is 0.658 bits per heavy atom. The van der Waals surface area contributed by atoms with Gasteiger partial charge in [0, 0.05) is 41.5 Å². The fraction of sp³-hybridized carbons (Fsp3) is 0.239. The number of para-hydroxylation sites is 2. The molecule has 1 aliphatic carbocycles. The van der Waals surface area contributed by atoms with E-state index in [1.165, 1.54) is 63.7 Å². The smallest absolute Gasteiger partial charge is 0.393 e. The van der Waals surface area contributed by atoms with Crippen LogP contribution in [0.25, 0.3) is 94.7 Å². The number of hydrogen-bond donors (Lipinski definition) is 0. The van der Waals surface area contributed by atoms with E-state index in [0.717, 1.165) is 101 Å². The van der Waals surface area contributed by atoms with Crippen LogP contribution in [0.1, 0.15) is 118 Å². The summed E-state index contributed by atoms with van der Waals surface area (Å²) in [6.07, 6.45) is -0.222. The second-order valence-electron chi connectivity index (χ2n) is 21.6. The maximum absolute atomic E-state index is 13.1. The Morgan fingerprint density at radius 2 is 1.28 bits per heavy atom. The van der Waals surface area contributed by atoms with E-state index in [1.807, 2.05) is 6.07 Å². The summed E-state index contributed by atoms with van der Waals surface area (Å²) >= 11 is 0. The van der Waals surface area contributed by atoms with Gasteiger partial charge in [-0.3, -0.25) is 4.98 Å². The number of rotatable bonds is 11. The van der Waals surface area contributed by atoms with Crippen molar-refractivity contribution in [3.8, 4) is 61.7 Å². The average Bonchev–Trinajstić information content (AvgIpc) is 4.23. The monoisotopic (exact) mass is 1230 g/mol. The van der Waals surface area contributed by atoms with Crippen LogP contribution in [-0.4, -0.2) is 20.7 Å². The molecule has 79 heavy (non-hydrogen) atoms. The van der Waals surface area contributed by atoms with Crippen molar-refractivity contribution >= 4 is 33.0 Å². The van der Waals surface area contributed by atoms with Crippen molar-refractivity contribution in [2.75, 3.05) is 0 Å². The molecule has 8 aromatic carbocycles. The van der Waals surface area contributed by atoms with E-state index in [9.17, 15) is 13.2 Å². The van der Waals surface area contributed by atoms with Gasteiger partial charge in [-0.05, 0) is 129 Å². The number of imidazole rings is 1. The van der Waals surface area contributed by atoms with Gasteiger partial charge in [-0.2, -0.15) is 13.2 Å². The van der Waals surface area contributed by atoms with Gasteiger partial charge in [-0.1, -0.05) is 187 Å². The van der Waals surface area contributed by atoms with E-state index in [1.54, 1.807) is 24.4 Å². The molecule has 1 aliphatic rings. The summed E-state index contributed by atoms with van der Waals surface area (Å²) in [4.78, 5) is 9.50. The normalized spacial score (nSPS) is 14.4. The number of pyridine rings is 1. The molecule has 0 aliphatic heterocycles. The Morgan fingerprint density at radius 3 is 1.92 bits per heavy atom. The second-order valence-corrected chi connectivity index (χ2v) is 21.6. The summed E-state index contributed by atoms with van der Waals surface area (Å²) in [7, 11) is 0. The first-order chi connectivity index (χ1) is 38.8. The Labute approximate surface area is 480 Å². The first kappa shape index (κ1) is 51.1. The van der Waals surface area contributed by atoms with Crippen LogP contribution >= 0.6 is 0 Å². The van der Waals surface area contributed by atoms with Crippen LogP contribution in [0.5, 0.6) is 0 Å². The van der Waals surface area contributed by atoms with Crippen molar-refractivity contribution in [2.24, 2.45) is 5.41 Å². The molecule has 12 rings (SSSR count). The van der Waals surface area contributed by atoms with E-state index in [-0.39, 0.29) is 37.5 Å². The SMILES string of the molecule is [2H]C([2H])(c1c[c-]c(-c2ccccn2)cc1)C(C)(C)C(F)(F)F.[2H]C1(c2ccc(-c3ccc4c(c3)oc3c(-c5nc6ccccc6n5-c5c(C(C)C)cc(-c6ccc(-c7ccccc7)cc6)cc5C(C)C)[c-]ccc34)cc2)CCCCC1.[Ir]. The molecule has 0 atom stereocenters. The maximum atomic E-state index is 13.1. The van der Waals surface area contributed by atoms with Crippen molar-refractivity contribution in [1.29, 1.82) is 0 Å². The Hall–Kier alpha value is -7.38. The molecule has 0 unspecified atom stereocenters. The molecule has 3 heterocycles. The minimum Gasteiger partial charge on any atom is -0.501 e. The molecule has 8 heteroatoms.